The van der Waals surface area contributed by atoms with Crippen LogP contribution in [0.15, 0.2) is 64.9 Å². The van der Waals surface area contributed by atoms with Crippen LogP contribution in [-0.2, 0) is 19.9 Å². The Morgan fingerprint density at radius 3 is 2.30 bits per heavy atom. The number of anilines is 1. The van der Waals surface area contributed by atoms with Gasteiger partial charge < -0.3 is 9.47 Å². The van der Waals surface area contributed by atoms with Gasteiger partial charge in [0.25, 0.3) is 10.0 Å². The van der Waals surface area contributed by atoms with Crippen molar-refractivity contribution >= 4 is 25.5 Å². The number of hydrogen-bond acceptors (Lipinski definition) is 6. The number of methoxy groups -OCH3 is 2. The molecule has 0 fully saturated rings. The van der Waals surface area contributed by atoms with Gasteiger partial charge in [-0.05, 0) is 30.3 Å². The normalized spacial score (nSPS) is 18.2. The molecule has 0 amide bonds. The van der Waals surface area contributed by atoms with Gasteiger partial charge in [0.2, 0.25) is 0 Å². The first-order valence-corrected chi connectivity index (χ1v) is 11.2. The molecule has 1 atom stereocenters. The van der Waals surface area contributed by atoms with Gasteiger partial charge in [-0.2, -0.15) is 0 Å². The van der Waals surface area contributed by atoms with E-state index in [1.807, 2.05) is 0 Å². The number of rotatable bonds is 6. The molecule has 0 bridgehead atoms. The van der Waals surface area contributed by atoms with Gasteiger partial charge in [0.15, 0.2) is 9.84 Å². The maximum atomic E-state index is 13.5. The molecule has 9 heteroatoms. The second-order valence-electron chi connectivity index (χ2n) is 5.88. The van der Waals surface area contributed by atoms with Gasteiger partial charge in [-0.1, -0.05) is 18.2 Å². The Balaban J connectivity index is 2.16. The van der Waals surface area contributed by atoms with E-state index in [9.17, 15) is 16.8 Å². The van der Waals surface area contributed by atoms with Crippen molar-refractivity contribution in [2.45, 2.75) is 10.9 Å². The van der Waals surface area contributed by atoms with Gasteiger partial charge in [0.1, 0.15) is 16.4 Å². The minimum atomic E-state index is -4.12. The van der Waals surface area contributed by atoms with E-state index in [0.29, 0.717) is 11.4 Å². The minimum Gasteiger partial charge on any atom is -0.497 e. The Morgan fingerprint density at radius 1 is 1.04 bits per heavy atom. The van der Waals surface area contributed by atoms with Gasteiger partial charge in [0, 0.05) is 11.5 Å². The maximum absolute atomic E-state index is 13.5. The highest BCUT2D eigenvalue weighted by Crippen LogP contribution is 2.35. The van der Waals surface area contributed by atoms with Crippen LogP contribution in [0.2, 0.25) is 0 Å². The van der Waals surface area contributed by atoms with Gasteiger partial charge >= 0.3 is 0 Å². The predicted molar refractivity (Wildman–Crippen MR) is 102 cm³/mol. The van der Waals surface area contributed by atoms with E-state index in [2.05, 4.69) is 0 Å². The Bertz CT molecular complexity index is 1060. The molecule has 27 heavy (non-hydrogen) atoms. The van der Waals surface area contributed by atoms with Crippen molar-refractivity contribution in [3.63, 3.8) is 0 Å². The van der Waals surface area contributed by atoms with Gasteiger partial charge in [0.05, 0.1) is 31.7 Å². The van der Waals surface area contributed by atoms with Crippen LogP contribution in [-0.4, -0.2) is 42.8 Å². The van der Waals surface area contributed by atoms with Crippen molar-refractivity contribution < 1.29 is 26.3 Å². The summed E-state index contributed by atoms with van der Waals surface area (Å²) < 4.78 is 62.2. The van der Waals surface area contributed by atoms with Crippen LogP contribution < -0.4 is 13.8 Å². The summed E-state index contributed by atoms with van der Waals surface area (Å²) in [5, 5.41) is 1.05. The molecule has 0 radical (unpaired) electrons. The van der Waals surface area contributed by atoms with Crippen molar-refractivity contribution in [3.8, 4) is 11.5 Å². The predicted octanol–water partition coefficient (Wildman–Crippen LogP) is 2.21. The van der Waals surface area contributed by atoms with Crippen LogP contribution in [0.4, 0.5) is 5.69 Å². The number of ether oxygens (including phenoxy) is 2. The summed E-state index contributed by atoms with van der Waals surface area (Å²) in [4.78, 5) is -0.0765. The molecule has 7 nitrogen and oxygen atoms in total. The molecule has 0 unspecified atom stereocenters. The van der Waals surface area contributed by atoms with Crippen LogP contribution in [0.1, 0.15) is 0 Å². The third kappa shape index (κ3) is 3.79. The second-order valence-corrected chi connectivity index (χ2v) is 9.59. The molecule has 0 aromatic heterocycles. The first-order chi connectivity index (χ1) is 12.8. The molecule has 1 heterocycles. The van der Waals surface area contributed by atoms with Crippen LogP contribution in [0.25, 0.3) is 0 Å². The lowest BCUT2D eigenvalue weighted by atomic mass is 10.2. The van der Waals surface area contributed by atoms with Gasteiger partial charge in [-0.25, -0.2) is 16.8 Å². The molecule has 144 valence electrons. The molecule has 0 aliphatic carbocycles. The largest absolute Gasteiger partial charge is 0.497 e. The zero-order chi connectivity index (χ0) is 19.7. The van der Waals surface area contributed by atoms with Gasteiger partial charge in [-0.15, -0.1) is 0 Å². The highest BCUT2D eigenvalue weighted by molar-refractivity contribution is 7.95. The lowest BCUT2D eigenvalue weighted by Crippen LogP contribution is -2.41. The Kier molecular flexibility index (Phi) is 5.16. The lowest BCUT2D eigenvalue weighted by Gasteiger charge is -2.29. The van der Waals surface area contributed by atoms with Gasteiger partial charge in [-0.3, -0.25) is 4.31 Å². The topological polar surface area (TPSA) is 90.0 Å². The number of nitrogens with zero attached hydrogens (tertiary/aromatic N) is 1. The van der Waals surface area contributed by atoms with E-state index < -0.39 is 25.9 Å². The van der Waals surface area contributed by atoms with E-state index in [4.69, 9.17) is 9.47 Å². The van der Waals surface area contributed by atoms with E-state index in [1.165, 1.54) is 38.5 Å². The fraction of sp³-hybridized carbons (Fsp3) is 0.222. The van der Waals surface area contributed by atoms with Crippen molar-refractivity contribution in [3.05, 3.63) is 60.0 Å². The molecule has 0 N–H and O–H groups in total. The summed E-state index contributed by atoms with van der Waals surface area (Å²) in [5.41, 5.74) is 0.363. The molecule has 1 aliphatic rings. The average Bonchev–Trinajstić information content (AvgIpc) is 3.01. The van der Waals surface area contributed by atoms with Crippen LogP contribution in [0.3, 0.4) is 0 Å². The van der Waals surface area contributed by atoms with E-state index >= 15 is 0 Å². The Labute approximate surface area is 158 Å². The molecule has 0 saturated carbocycles. The zero-order valence-corrected chi connectivity index (χ0v) is 16.4. The number of sulfone groups is 1. The average molecular weight is 409 g/mol. The molecular formula is C18H19NO6S2. The second kappa shape index (κ2) is 7.24. The third-order valence-electron chi connectivity index (χ3n) is 4.13. The number of sulfonamides is 1. The molecule has 0 spiro atoms. The summed E-state index contributed by atoms with van der Waals surface area (Å²) in [5.74, 6) is 0.236. The van der Waals surface area contributed by atoms with Crippen LogP contribution in [0.5, 0.6) is 11.5 Å². The third-order valence-corrected chi connectivity index (χ3v) is 7.40. The molecule has 0 saturated heterocycles. The number of benzene rings is 2. The fourth-order valence-electron chi connectivity index (χ4n) is 2.88. The number of para-hydroxylation sites is 1. The summed E-state index contributed by atoms with van der Waals surface area (Å²) in [6, 6.07) is 11.9. The molecule has 2 aromatic rings. The van der Waals surface area contributed by atoms with Crippen molar-refractivity contribution in [2.75, 3.05) is 24.3 Å². The van der Waals surface area contributed by atoms with Crippen molar-refractivity contribution in [1.29, 1.82) is 0 Å². The smallest absolute Gasteiger partial charge is 0.268 e. The molecule has 2 aromatic carbocycles. The quantitative estimate of drug-likeness (QED) is 0.727. The summed E-state index contributed by atoms with van der Waals surface area (Å²) in [6.07, 6.45) is 1.38. The number of hydrogen-bond donors (Lipinski definition) is 0. The SMILES string of the molecule is COc1ccc(S(=O)(=O)N(c2ccccc2)[C@@H]2C=CS(=O)(=O)C2)c(OC)c1. The Hall–Kier alpha value is -2.52. The summed E-state index contributed by atoms with van der Waals surface area (Å²) in [7, 11) is -4.75. The zero-order valence-electron chi connectivity index (χ0n) is 14.8. The highest BCUT2D eigenvalue weighted by Gasteiger charge is 2.37. The summed E-state index contributed by atoms with van der Waals surface area (Å²) >= 11 is 0. The monoisotopic (exact) mass is 409 g/mol. The lowest BCUT2D eigenvalue weighted by molar-refractivity contribution is 0.386. The van der Waals surface area contributed by atoms with E-state index in [-0.39, 0.29) is 16.4 Å². The molecule has 1 aliphatic heterocycles. The molecule has 3 rings (SSSR count). The van der Waals surface area contributed by atoms with Crippen LogP contribution in [0, 0.1) is 0 Å². The first kappa shape index (κ1) is 19.2. The highest BCUT2D eigenvalue weighted by atomic mass is 32.2. The van der Waals surface area contributed by atoms with E-state index in [1.54, 1.807) is 30.3 Å². The first-order valence-electron chi connectivity index (χ1n) is 8.01. The van der Waals surface area contributed by atoms with Crippen molar-refractivity contribution in [2.24, 2.45) is 0 Å². The fourth-order valence-corrected chi connectivity index (χ4v) is 5.99. The summed E-state index contributed by atoms with van der Waals surface area (Å²) in [6.45, 7) is 0. The van der Waals surface area contributed by atoms with Crippen LogP contribution >= 0.6 is 0 Å². The van der Waals surface area contributed by atoms with Crippen molar-refractivity contribution in [1.82, 2.24) is 0 Å². The van der Waals surface area contributed by atoms with E-state index in [0.717, 1.165) is 9.71 Å². The maximum Gasteiger partial charge on any atom is 0.268 e. The molecular weight excluding hydrogens is 390 g/mol. The standard InChI is InChI=1S/C18H19NO6S2/c1-24-16-8-9-18(17(12-16)25-2)27(22,23)19(14-6-4-3-5-7-14)15-10-11-26(20,21)13-15/h3-12,15H,13H2,1-2H3/t15-/m1/s1. The Morgan fingerprint density at radius 2 is 1.74 bits per heavy atom. The minimum absolute atomic E-state index is 0.0765.